The summed E-state index contributed by atoms with van der Waals surface area (Å²) < 4.78 is 27.6. The molecule has 0 spiro atoms. The summed E-state index contributed by atoms with van der Waals surface area (Å²) in [6, 6.07) is 5.47. The van der Waals surface area contributed by atoms with Gasteiger partial charge in [-0.05, 0) is 37.8 Å². The fourth-order valence-corrected chi connectivity index (χ4v) is 5.15. The molecular formula is C13H17Cl3N2O2S. The molecule has 2 unspecified atom stereocenters. The zero-order valence-corrected chi connectivity index (χ0v) is 14.3. The van der Waals surface area contributed by atoms with Gasteiger partial charge >= 0.3 is 0 Å². The summed E-state index contributed by atoms with van der Waals surface area (Å²) in [5, 5.41) is 3.82. The first kappa shape index (κ1) is 17.3. The van der Waals surface area contributed by atoms with Gasteiger partial charge in [-0.2, -0.15) is 0 Å². The van der Waals surface area contributed by atoms with Crippen molar-refractivity contribution >= 4 is 45.6 Å². The Labute approximate surface area is 141 Å². The van der Waals surface area contributed by atoms with Gasteiger partial charge in [0.25, 0.3) is 0 Å². The zero-order valence-electron chi connectivity index (χ0n) is 11.2. The first-order valence-electron chi connectivity index (χ1n) is 6.68. The molecule has 2 fully saturated rings. The van der Waals surface area contributed by atoms with E-state index >= 15 is 0 Å². The van der Waals surface area contributed by atoms with Gasteiger partial charge in [-0.25, -0.2) is 13.1 Å². The Morgan fingerprint density at radius 2 is 1.76 bits per heavy atom. The van der Waals surface area contributed by atoms with E-state index in [9.17, 15) is 8.42 Å². The average Bonchev–Trinajstić information content (AvgIpc) is 2.71. The van der Waals surface area contributed by atoms with E-state index in [2.05, 4.69) is 10.0 Å². The lowest BCUT2D eigenvalue weighted by atomic mass is 10.0. The molecule has 0 aromatic heterocycles. The molecule has 0 radical (unpaired) electrons. The van der Waals surface area contributed by atoms with Gasteiger partial charge in [0.05, 0.1) is 10.0 Å². The Morgan fingerprint density at radius 3 is 2.38 bits per heavy atom. The molecule has 1 aromatic carbocycles. The maximum atomic E-state index is 12.4. The molecule has 8 heteroatoms. The van der Waals surface area contributed by atoms with Crippen LogP contribution in [0.5, 0.6) is 0 Å². The standard InChI is InChI=1S/C13H16Cl2N2O2S.ClH/c14-11-2-1-3-12(13(11)15)20(18,19)17-10-6-8-4-5-9(7-10)16-8;/h1-3,8-10,16-17H,4-7H2;1H. The summed E-state index contributed by atoms with van der Waals surface area (Å²) >= 11 is 11.9. The second-order valence-electron chi connectivity index (χ2n) is 5.48. The van der Waals surface area contributed by atoms with Gasteiger partial charge in [0.2, 0.25) is 10.0 Å². The highest BCUT2D eigenvalue weighted by Crippen LogP contribution is 2.31. The van der Waals surface area contributed by atoms with E-state index in [1.165, 1.54) is 6.07 Å². The van der Waals surface area contributed by atoms with E-state index in [1.807, 2.05) is 0 Å². The molecule has 0 amide bonds. The van der Waals surface area contributed by atoms with E-state index in [0.717, 1.165) is 25.7 Å². The average molecular weight is 372 g/mol. The summed E-state index contributed by atoms with van der Waals surface area (Å²) in [4.78, 5) is 0.0533. The molecule has 1 aromatic rings. The lowest BCUT2D eigenvalue weighted by molar-refractivity contribution is 0.345. The zero-order chi connectivity index (χ0) is 14.3. The van der Waals surface area contributed by atoms with Crippen molar-refractivity contribution in [2.45, 2.75) is 48.7 Å². The van der Waals surface area contributed by atoms with Gasteiger partial charge in [0.1, 0.15) is 4.90 Å². The van der Waals surface area contributed by atoms with E-state index < -0.39 is 10.0 Å². The van der Waals surface area contributed by atoms with E-state index in [-0.39, 0.29) is 33.4 Å². The summed E-state index contributed by atoms with van der Waals surface area (Å²) in [5.41, 5.74) is 0. The summed E-state index contributed by atoms with van der Waals surface area (Å²) in [6.45, 7) is 0. The Balaban J connectivity index is 0.00000161. The highest BCUT2D eigenvalue weighted by molar-refractivity contribution is 7.89. The van der Waals surface area contributed by atoms with Crippen molar-refractivity contribution < 1.29 is 8.42 Å². The monoisotopic (exact) mass is 370 g/mol. The van der Waals surface area contributed by atoms with Crippen molar-refractivity contribution in [2.75, 3.05) is 0 Å². The predicted molar refractivity (Wildman–Crippen MR) is 87.0 cm³/mol. The van der Waals surface area contributed by atoms with Crippen molar-refractivity contribution in [1.29, 1.82) is 0 Å². The van der Waals surface area contributed by atoms with Gasteiger partial charge in [-0.1, -0.05) is 29.3 Å². The van der Waals surface area contributed by atoms with Gasteiger partial charge in [-0.15, -0.1) is 12.4 Å². The van der Waals surface area contributed by atoms with Gasteiger partial charge in [0.15, 0.2) is 0 Å². The van der Waals surface area contributed by atoms with Crippen LogP contribution in [0.1, 0.15) is 25.7 Å². The van der Waals surface area contributed by atoms with Crippen molar-refractivity contribution in [1.82, 2.24) is 10.0 Å². The van der Waals surface area contributed by atoms with Crippen molar-refractivity contribution in [3.63, 3.8) is 0 Å². The molecule has 2 atom stereocenters. The summed E-state index contributed by atoms with van der Waals surface area (Å²) in [6.07, 6.45) is 3.91. The van der Waals surface area contributed by atoms with Crippen LogP contribution in [0.2, 0.25) is 10.0 Å². The Morgan fingerprint density at radius 1 is 1.14 bits per heavy atom. The minimum atomic E-state index is -3.63. The molecule has 2 bridgehead atoms. The first-order valence-corrected chi connectivity index (χ1v) is 8.92. The van der Waals surface area contributed by atoms with Crippen molar-refractivity contribution in [3.05, 3.63) is 28.2 Å². The normalized spacial score (nSPS) is 28.2. The van der Waals surface area contributed by atoms with Crippen LogP contribution >= 0.6 is 35.6 Å². The minimum absolute atomic E-state index is 0. The molecule has 2 saturated heterocycles. The Hall–Kier alpha value is -0.0400. The molecule has 118 valence electrons. The molecule has 2 aliphatic rings. The topological polar surface area (TPSA) is 58.2 Å². The second-order valence-corrected chi connectivity index (χ2v) is 7.95. The molecule has 21 heavy (non-hydrogen) atoms. The number of fused-ring (bicyclic) bond motifs is 2. The fraction of sp³-hybridized carbons (Fsp3) is 0.538. The van der Waals surface area contributed by atoms with E-state index in [4.69, 9.17) is 23.2 Å². The number of nitrogens with one attached hydrogen (secondary N) is 2. The number of sulfonamides is 1. The highest BCUT2D eigenvalue weighted by atomic mass is 35.5. The third-order valence-electron chi connectivity index (χ3n) is 4.00. The third kappa shape index (κ3) is 3.66. The predicted octanol–water partition coefficient (Wildman–Crippen LogP) is 2.98. The number of piperidine rings is 1. The van der Waals surface area contributed by atoms with Crippen LogP contribution in [0.3, 0.4) is 0 Å². The summed E-state index contributed by atoms with van der Waals surface area (Å²) in [7, 11) is -3.63. The quantitative estimate of drug-likeness (QED) is 0.859. The van der Waals surface area contributed by atoms with E-state index in [1.54, 1.807) is 12.1 Å². The maximum absolute atomic E-state index is 12.4. The van der Waals surface area contributed by atoms with Gasteiger partial charge in [-0.3, -0.25) is 0 Å². The van der Waals surface area contributed by atoms with Crippen LogP contribution in [-0.4, -0.2) is 26.5 Å². The van der Waals surface area contributed by atoms with Crippen LogP contribution in [0, 0.1) is 0 Å². The van der Waals surface area contributed by atoms with Crippen LogP contribution < -0.4 is 10.0 Å². The van der Waals surface area contributed by atoms with Crippen molar-refractivity contribution in [3.8, 4) is 0 Å². The third-order valence-corrected chi connectivity index (χ3v) is 6.49. The highest BCUT2D eigenvalue weighted by Gasteiger charge is 2.35. The molecule has 2 N–H and O–H groups in total. The SMILES string of the molecule is Cl.O=S(=O)(NC1CC2CCC(C1)N2)c1cccc(Cl)c1Cl. The number of hydrogen-bond acceptors (Lipinski definition) is 3. The molecule has 0 saturated carbocycles. The van der Waals surface area contributed by atoms with Crippen LogP contribution in [0.15, 0.2) is 23.1 Å². The molecular weight excluding hydrogens is 355 g/mol. The van der Waals surface area contributed by atoms with Crippen LogP contribution in [-0.2, 0) is 10.0 Å². The van der Waals surface area contributed by atoms with Crippen LogP contribution in [0.4, 0.5) is 0 Å². The second kappa shape index (κ2) is 6.60. The fourth-order valence-electron chi connectivity index (χ4n) is 3.13. The largest absolute Gasteiger partial charge is 0.311 e. The lowest BCUT2D eigenvalue weighted by Gasteiger charge is -2.29. The maximum Gasteiger partial charge on any atom is 0.242 e. The number of rotatable bonds is 3. The molecule has 2 heterocycles. The number of halogens is 3. The minimum Gasteiger partial charge on any atom is -0.311 e. The number of benzene rings is 1. The molecule has 4 nitrogen and oxygen atoms in total. The lowest BCUT2D eigenvalue weighted by Crippen LogP contribution is -2.47. The summed E-state index contributed by atoms with van der Waals surface area (Å²) in [5.74, 6) is 0. The smallest absolute Gasteiger partial charge is 0.242 e. The Kier molecular flexibility index (Phi) is 5.45. The number of hydrogen-bond donors (Lipinski definition) is 2. The molecule has 0 aliphatic carbocycles. The molecule has 3 rings (SSSR count). The van der Waals surface area contributed by atoms with Crippen LogP contribution in [0.25, 0.3) is 0 Å². The molecule has 2 aliphatic heterocycles. The Bertz CT molecular complexity index is 612. The van der Waals surface area contributed by atoms with Gasteiger partial charge < -0.3 is 5.32 Å². The van der Waals surface area contributed by atoms with E-state index in [0.29, 0.717) is 12.1 Å². The first-order chi connectivity index (χ1) is 9.45. The van der Waals surface area contributed by atoms with Gasteiger partial charge in [0, 0.05) is 18.1 Å². The van der Waals surface area contributed by atoms with Crippen molar-refractivity contribution in [2.24, 2.45) is 0 Å².